The summed E-state index contributed by atoms with van der Waals surface area (Å²) in [6.07, 6.45) is 6.86. The van der Waals surface area contributed by atoms with Gasteiger partial charge in [0.25, 0.3) is 0 Å². The van der Waals surface area contributed by atoms with Crippen LogP contribution in [-0.4, -0.2) is 33.8 Å². The Labute approximate surface area is 185 Å². The van der Waals surface area contributed by atoms with Crippen molar-refractivity contribution in [2.24, 2.45) is 5.92 Å². The van der Waals surface area contributed by atoms with Gasteiger partial charge in [-0.25, -0.2) is 4.79 Å². The lowest BCUT2D eigenvalue weighted by Gasteiger charge is -2.21. The summed E-state index contributed by atoms with van der Waals surface area (Å²) in [5.74, 6) is 0.653. The predicted octanol–water partition coefficient (Wildman–Crippen LogP) is 5.62. The summed E-state index contributed by atoms with van der Waals surface area (Å²) in [7, 11) is 0. The van der Waals surface area contributed by atoms with Crippen LogP contribution in [0.3, 0.4) is 0 Å². The third-order valence-electron chi connectivity index (χ3n) is 5.55. The van der Waals surface area contributed by atoms with E-state index < -0.39 is 11.7 Å². The van der Waals surface area contributed by atoms with Gasteiger partial charge in [0.2, 0.25) is 0 Å². The predicted molar refractivity (Wildman–Crippen MR) is 122 cm³/mol. The highest BCUT2D eigenvalue weighted by Crippen LogP contribution is 2.28. The zero-order chi connectivity index (χ0) is 22.3. The Balaban J connectivity index is 1.66. The van der Waals surface area contributed by atoms with Crippen LogP contribution in [0.25, 0.3) is 11.3 Å². The molecule has 0 atom stereocenters. The van der Waals surface area contributed by atoms with Crippen LogP contribution in [0.15, 0.2) is 36.4 Å². The zero-order valence-electron chi connectivity index (χ0n) is 19.0. The Morgan fingerprint density at radius 3 is 2.52 bits per heavy atom. The second-order valence-corrected chi connectivity index (χ2v) is 9.42. The fourth-order valence-electron chi connectivity index (χ4n) is 4.05. The van der Waals surface area contributed by atoms with Crippen molar-refractivity contribution in [2.45, 2.75) is 77.9 Å². The van der Waals surface area contributed by atoms with E-state index in [1.807, 2.05) is 61.9 Å². The molecule has 1 aliphatic carbocycles. The van der Waals surface area contributed by atoms with Crippen LogP contribution in [0, 0.1) is 5.92 Å². The number of rotatable bonds is 8. The Bertz CT molecular complexity index is 862. The van der Waals surface area contributed by atoms with Gasteiger partial charge in [-0.05, 0) is 39.2 Å². The zero-order valence-corrected chi connectivity index (χ0v) is 19.0. The van der Waals surface area contributed by atoms with E-state index in [1.54, 1.807) is 0 Å². The molecule has 0 bridgehead atoms. The van der Waals surface area contributed by atoms with Crippen molar-refractivity contribution in [3.05, 3.63) is 42.1 Å². The van der Waals surface area contributed by atoms with Gasteiger partial charge in [0, 0.05) is 25.1 Å². The van der Waals surface area contributed by atoms with Gasteiger partial charge in [0.05, 0.1) is 5.69 Å². The maximum absolute atomic E-state index is 13.1. The van der Waals surface area contributed by atoms with E-state index >= 15 is 0 Å². The van der Waals surface area contributed by atoms with Gasteiger partial charge < -0.3 is 10.1 Å². The van der Waals surface area contributed by atoms with Crippen molar-refractivity contribution < 1.29 is 14.3 Å². The van der Waals surface area contributed by atoms with Crippen molar-refractivity contribution in [1.82, 2.24) is 15.1 Å². The molecule has 6 heteroatoms. The molecule has 1 fully saturated rings. The summed E-state index contributed by atoms with van der Waals surface area (Å²) in [5, 5.41) is 7.50. The van der Waals surface area contributed by atoms with Crippen molar-refractivity contribution in [2.75, 3.05) is 6.54 Å². The minimum Gasteiger partial charge on any atom is -0.444 e. The van der Waals surface area contributed by atoms with E-state index in [9.17, 15) is 9.59 Å². The number of ketones is 1. The molecular weight excluding hydrogens is 390 g/mol. The van der Waals surface area contributed by atoms with E-state index in [0.717, 1.165) is 24.1 Å². The molecule has 6 nitrogen and oxygen atoms in total. The Hall–Kier alpha value is -2.63. The lowest BCUT2D eigenvalue weighted by molar-refractivity contribution is 0.0526. The highest BCUT2D eigenvalue weighted by atomic mass is 16.6. The van der Waals surface area contributed by atoms with Crippen LogP contribution in [0.1, 0.15) is 76.2 Å². The monoisotopic (exact) mass is 425 g/mol. The summed E-state index contributed by atoms with van der Waals surface area (Å²) >= 11 is 0. The molecule has 1 amide bonds. The molecule has 1 saturated carbocycles. The van der Waals surface area contributed by atoms with Gasteiger partial charge in [0.1, 0.15) is 11.3 Å². The molecule has 1 aliphatic rings. The number of amides is 1. The first kappa shape index (κ1) is 23.0. The number of nitrogens with zero attached hydrogens (tertiary/aromatic N) is 2. The number of Topliss-reactive ketones (excluding diaryl/α,β-unsaturated/α-hetero) is 1. The number of carbonyl (C=O) groups is 2. The van der Waals surface area contributed by atoms with Crippen LogP contribution in [0.2, 0.25) is 0 Å². The van der Waals surface area contributed by atoms with E-state index in [0.29, 0.717) is 37.5 Å². The summed E-state index contributed by atoms with van der Waals surface area (Å²) in [6.45, 7) is 6.54. The van der Waals surface area contributed by atoms with Crippen LogP contribution in [0.5, 0.6) is 0 Å². The number of nitrogens with one attached hydrogen (secondary N) is 1. The fraction of sp³-hybridized carbons (Fsp3) is 0.560. The lowest BCUT2D eigenvalue weighted by Crippen LogP contribution is -2.33. The fourth-order valence-corrected chi connectivity index (χ4v) is 4.05. The van der Waals surface area contributed by atoms with Crippen molar-refractivity contribution in [1.29, 1.82) is 0 Å². The molecule has 0 spiro atoms. The molecule has 0 unspecified atom stereocenters. The molecule has 0 saturated heterocycles. The van der Waals surface area contributed by atoms with Crippen LogP contribution >= 0.6 is 0 Å². The van der Waals surface area contributed by atoms with E-state index in [-0.39, 0.29) is 5.78 Å². The first-order valence-electron chi connectivity index (χ1n) is 11.4. The molecule has 1 heterocycles. The second kappa shape index (κ2) is 10.6. The van der Waals surface area contributed by atoms with Gasteiger partial charge in [-0.15, -0.1) is 0 Å². The normalized spacial score (nSPS) is 14.9. The van der Waals surface area contributed by atoms with E-state index in [2.05, 4.69) is 5.32 Å². The number of aromatic nitrogens is 2. The molecule has 0 aliphatic heterocycles. The molecular formula is C25H35N3O3. The highest BCUT2D eigenvalue weighted by molar-refractivity contribution is 5.95. The van der Waals surface area contributed by atoms with Gasteiger partial charge in [0.15, 0.2) is 5.78 Å². The maximum atomic E-state index is 13.1. The highest BCUT2D eigenvalue weighted by Gasteiger charge is 2.22. The minimum absolute atomic E-state index is 0.168. The van der Waals surface area contributed by atoms with Crippen LogP contribution in [-0.2, 0) is 11.3 Å². The number of carbonyl (C=O) groups excluding carboxylic acids is 2. The standard InChI is InChI=1S/C25H35N3O3/c1-25(2,3)31-24(30)26-15-10-16-28-22(23(29)17-19-11-6-4-7-12-19)18-21(27-28)20-13-8-5-9-14-20/h5,8-9,13-14,18-19H,4,6-7,10-12,15-17H2,1-3H3,(H,26,30). The third kappa shape index (κ3) is 7.23. The lowest BCUT2D eigenvalue weighted by atomic mass is 9.85. The molecule has 31 heavy (non-hydrogen) atoms. The minimum atomic E-state index is -0.518. The van der Waals surface area contributed by atoms with Crippen LogP contribution in [0.4, 0.5) is 4.79 Å². The number of hydrogen-bond acceptors (Lipinski definition) is 4. The average Bonchev–Trinajstić information content (AvgIpc) is 3.16. The smallest absolute Gasteiger partial charge is 0.407 e. The van der Waals surface area contributed by atoms with Crippen LogP contribution < -0.4 is 5.32 Å². The average molecular weight is 426 g/mol. The summed E-state index contributed by atoms with van der Waals surface area (Å²) in [6, 6.07) is 11.9. The molecule has 1 aromatic heterocycles. The van der Waals surface area contributed by atoms with Gasteiger partial charge in [-0.2, -0.15) is 5.10 Å². The Morgan fingerprint density at radius 1 is 1.13 bits per heavy atom. The third-order valence-corrected chi connectivity index (χ3v) is 5.55. The summed E-state index contributed by atoms with van der Waals surface area (Å²) < 4.78 is 7.08. The molecule has 3 rings (SSSR count). The second-order valence-electron chi connectivity index (χ2n) is 9.42. The van der Waals surface area contributed by atoms with Crippen molar-refractivity contribution in [3.63, 3.8) is 0 Å². The van der Waals surface area contributed by atoms with Crippen molar-refractivity contribution in [3.8, 4) is 11.3 Å². The quantitative estimate of drug-likeness (QED) is 0.440. The molecule has 2 aromatic rings. The number of hydrogen-bond donors (Lipinski definition) is 1. The van der Waals surface area contributed by atoms with Crippen molar-refractivity contribution >= 4 is 11.9 Å². The SMILES string of the molecule is CC(C)(C)OC(=O)NCCCn1nc(-c2ccccc2)cc1C(=O)CC1CCCCC1. The maximum Gasteiger partial charge on any atom is 0.407 e. The molecule has 1 aromatic carbocycles. The Morgan fingerprint density at radius 2 is 1.84 bits per heavy atom. The first-order valence-corrected chi connectivity index (χ1v) is 11.4. The van der Waals surface area contributed by atoms with E-state index in [4.69, 9.17) is 9.84 Å². The first-order chi connectivity index (χ1) is 14.8. The summed E-state index contributed by atoms with van der Waals surface area (Å²) in [5.41, 5.74) is 1.96. The topological polar surface area (TPSA) is 73.2 Å². The molecule has 0 radical (unpaired) electrons. The van der Waals surface area contributed by atoms with Gasteiger partial charge >= 0.3 is 6.09 Å². The largest absolute Gasteiger partial charge is 0.444 e. The number of aryl methyl sites for hydroxylation is 1. The number of benzene rings is 1. The molecule has 1 N–H and O–H groups in total. The van der Waals surface area contributed by atoms with Gasteiger partial charge in [-0.3, -0.25) is 9.48 Å². The molecule has 168 valence electrons. The number of ether oxygens (including phenoxy) is 1. The summed E-state index contributed by atoms with van der Waals surface area (Å²) in [4.78, 5) is 25.0. The van der Waals surface area contributed by atoms with E-state index in [1.165, 1.54) is 19.3 Å². The Kier molecular flexibility index (Phi) is 7.88. The van der Waals surface area contributed by atoms with Gasteiger partial charge in [-0.1, -0.05) is 62.4 Å². The number of alkyl carbamates (subject to hydrolysis) is 1.